The molecule has 0 saturated heterocycles. The summed E-state index contributed by atoms with van der Waals surface area (Å²) in [5, 5.41) is 6.64. The van der Waals surface area contributed by atoms with Crippen LogP contribution in [0.2, 0.25) is 0 Å². The number of pyridine rings is 1. The fraction of sp³-hybridized carbons (Fsp3) is 0.0312. The van der Waals surface area contributed by atoms with Gasteiger partial charge in [0.2, 0.25) is 0 Å². The second-order valence-corrected chi connectivity index (χ2v) is 8.90. The van der Waals surface area contributed by atoms with E-state index in [-0.39, 0.29) is 24.2 Å². The van der Waals surface area contributed by atoms with Crippen molar-refractivity contribution in [2.45, 2.75) is 6.54 Å². The standard InChI is InChI=1S/C32H25FN4O2/c33-25-15-13-22(14-16-25)27(19-24-17-18-35-29-7-3-1-5-26(24)29)32(39)36-20-21-9-11-23(12-10-21)31(38)37-30-8-4-2-6-28(30)34/h1-19H,20,34H2,(H,36,39)(H,37,38). The number of halogens is 1. The zero-order chi connectivity index (χ0) is 27.2. The van der Waals surface area contributed by atoms with Crippen LogP contribution in [0.3, 0.4) is 0 Å². The average molecular weight is 517 g/mol. The molecule has 1 aromatic heterocycles. The van der Waals surface area contributed by atoms with E-state index in [4.69, 9.17) is 5.73 Å². The molecule has 6 nitrogen and oxygen atoms in total. The molecule has 0 aliphatic carbocycles. The Morgan fingerprint density at radius 2 is 1.51 bits per heavy atom. The van der Waals surface area contributed by atoms with Gasteiger partial charge in [-0.05, 0) is 71.3 Å². The highest BCUT2D eigenvalue weighted by Crippen LogP contribution is 2.24. The molecule has 0 saturated carbocycles. The molecule has 0 radical (unpaired) electrons. The largest absolute Gasteiger partial charge is 0.397 e. The summed E-state index contributed by atoms with van der Waals surface area (Å²) in [6, 6.07) is 29.3. The van der Waals surface area contributed by atoms with Crippen LogP contribution >= 0.6 is 0 Å². The lowest BCUT2D eigenvalue weighted by Crippen LogP contribution is -2.24. The lowest BCUT2D eigenvalue weighted by molar-refractivity contribution is -0.115. The molecule has 0 bridgehead atoms. The first-order chi connectivity index (χ1) is 19.0. The van der Waals surface area contributed by atoms with E-state index in [9.17, 15) is 14.0 Å². The zero-order valence-corrected chi connectivity index (χ0v) is 20.9. The van der Waals surface area contributed by atoms with Crippen LogP contribution in [-0.2, 0) is 11.3 Å². The van der Waals surface area contributed by atoms with E-state index < -0.39 is 0 Å². The molecule has 7 heteroatoms. The molecule has 0 unspecified atom stereocenters. The van der Waals surface area contributed by atoms with Gasteiger partial charge < -0.3 is 16.4 Å². The van der Waals surface area contributed by atoms with E-state index >= 15 is 0 Å². The first kappa shape index (κ1) is 25.4. The SMILES string of the molecule is Nc1ccccc1NC(=O)c1ccc(CNC(=O)C(=Cc2ccnc3ccccc23)c2ccc(F)cc2)cc1. The maximum absolute atomic E-state index is 13.6. The molecule has 192 valence electrons. The summed E-state index contributed by atoms with van der Waals surface area (Å²) >= 11 is 0. The van der Waals surface area contributed by atoms with Crippen LogP contribution in [0.15, 0.2) is 109 Å². The summed E-state index contributed by atoms with van der Waals surface area (Å²) in [6.45, 7) is 0.238. The van der Waals surface area contributed by atoms with Gasteiger partial charge in [0.15, 0.2) is 0 Å². The molecule has 4 aromatic carbocycles. The molecule has 0 spiro atoms. The number of hydrogen-bond donors (Lipinski definition) is 3. The third-order valence-corrected chi connectivity index (χ3v) is 6.26. The van der Waals surface area contributed by atoms with Gasteiger partial charge in [0.1, 0.15) is 5.82 Å². The fourth-order valence-corrected chi connectivity index (χ4v) is 4.17. The van der Waals surface area contributed by atoms with Crippen LogP contribution in [0.5, 0.6) is 0 Å². The number of hydrogen-bond acceptors (Lipinski definition) is 4. The Hall–Kier alpha value is -5.30. The number of aromatic nitrogens is 1. The Morgan fingerprint density at radius 1 is 0.821 bits per heavy atom. The van der Waals surface area contributed by atoms with Gasteiger partial charge in [-0.3, -0.25) is 14.6 Å². The van der Waals surface area contributed by atoms with Gasteiger partial charge in [-0.2, -0.15) is 0 Å². The van der Waals surface area contributed by atoms with Crippen molar-refractivity contribution in [1.82, 2.24) is 10.3 Å². The van der Waals surface area contributed by atoms with Crippen molar-refractivity contribution in [2.24, 2.45) is 0 Å². The van der Waals surface area contributed by atoms with E-state index in [1.807, 2.05) is 30.3 Å². The highest BCUT2D eigenvalue weighted by molar-refractivity contribution is 6.24. The van der Waals surface area contributed by atoms with Crippen molar-refractivity contribution >= 4 is 45.7 Å². The number of carbonyl (C=O) groups is 2. The van der Waals surface area contributed by atoms with E-state index in [0.717, 1.165) is 22.0 Å². The third kappa shape index (κ3) is 5.99. The normalized spacial score (nSPS) is 11.3. The summed E-state index contributed by atoms with van der Waals surface area (Å²) in [5.41, 5.74) is 10.8. The molecule has 1 heterocycles. The lowest BCUT2D eigenvalue weighted by atomic mass is 10.00. The highest BCUT2D eigenvalue weighted by atomic mass is 19.1. The van der Waals surface area contributed by atoms with Crippen molar-refractivity contribution < 1.29 is 14.0 Å². The van der Waals surface area contributed by atoms with E-state index in [2.05, 4.69) is 15.6 Å². The second-order valence-electron chi connectivity index (χ2n) is 8.90. The monoisotopic (exact) mass is 516 g/mol. The second kappa shape index (κ2) is 11.4. The highest BCUT2D eigenvalue weighted by Gasteiger charge is 2.14. The van der Waals surface area contributed by atoms with Crippen molar-refractivity contribution in [1.29, 1.82) is 0 Å². The van der Waals surface area contributed by atoms with Crippen LogP contribution < -0.4 is 16.4 Å². The number of nitrogens with two attached hydrogens (primary N) is 1. The number of carbonyl (C=O) groups excluding carboxylic acids is 2. The van der Waals surface area contributed by atoms with Crippen LogP contribution in [0.1, 0.15) is 27.0 Å². The predicted molar refractivity (Wildman–Crippen MR) is 153 cm³/mol. The number of amides is 2. The Labute approximate surface area is 225 Å². The van der Waals surface area contributed by atoms with Crippen molar-refractivity contribution in [2.75, 3.05) is 11.1 Å². The Morgan fingerprint density at radius 3 is 2.28 bits per heavy atom. The lowest BCUT2D eigenvalue weighted by Gasteiger charge is -2.12. The van der Waals surface area contributed by atoms with Gasteiger partial charge in [-0.15, -0.1) is 0 Å². The number of benzene rings is 4. The van der Waals surface area contributed by atoms with Crippen LogP contribution in [0, 0.1) is 5.82 Å². The first-order valence-corrected chi connectivity index (χ1v) is 12.3. The number of anilines is 2. The van der Waals surface area contributed by atoms with Gasteiger partial charge in [0.05, 0.1) is 16.9 Å². The summed E-state index contributed by atoms with van der Waals surface area (Å²) in [4.78, 5) is 30.4. The molecular formula is C32H25FN4O2. The minimum atomic E-state index is -0.382. The van der Waals surface area contributed by atoms with Crippen LogP contribution in [-0.4, -0.2) is 16.8 Å². The number of para-hydroxylation sites is 3. The van der Waals surface area contributed by atoms with Crippen molar-refractivity contribution in [3.8, 4) is 0 Å². The molecule has 0 atom stereocenters. The molecule has 0 aliphatic rings. The summed E-state index contributed by atoms with van der Waals surface area (Å²) in [7, 11) is 0. The van der Waals surface area contributed by atoms with Crippen molar-refractivity contribution in [3.63, 3.8) is 0 Å². The van der Waals surface area contributed by atoms with Crippen molar-refractivity contribution in [3.05, 3.63) is 137 Å². The summed E-state index contributed by atoms with van der Waals surface area (Å²) in [5.74, 6) is -0.981. The molecule has 2 amide bonds. The maximum atomic E-state index is 13.6. The third-order valence-electron chi connectivity index (χ3n) is 6.26. The van der Waals surface area contributed by atoms with Gasteiger partial charge in [0, 0.05) is 29.3 Å². The first-order valence-electron chi connectivity index (χ1n) is 12.3. The summed E-state index contributed by atoms with van der Waals surface area (Å²) < 4.78 is 13.6. The molecule has 5 aromatic rings. The van der Waals surface area contributed by atoms with Gasteiger partial charge in [-0.1, -0.05) is 54.6 Å². The van der Waals surface area contributed by atoms with Gasteiger partial charge in [-0.25, -0.2) is 4.39 Å². The van der Waals surface area contributed by atoms with E-state index in [1.165, 1.54) is 12.1 Å². The average Bonchev–Trinajstić information content (AvgIpc) is 2.96. The van der Waals surface area contributed by atoms with Crippen LogP contribution in [0.4, 0.5) is 15.8 Å². The maximum Gasteiger partial charge on any atom is 0.255 e. The quantitative estimate of drug-likeness (QED) is 0.181. The Balaban J connectivity index is 1.34. The Bertz CT molecular complexity index is 1670. The molecule has 4 N–H and O–H groups in total. The smallest absolute Gasteiger partial charge is 0.255 e. The number of fused-ring (bicyclic) bond motifs is 1. The molecule has 5 rings (SSSR count). The number of rotatable bonds is 7. The number of nitrogen functional groups attached to an aromatic ring is 1. The molecule has 0 fully saturated rings. The predicted octanol–water partition coefficient (Wildman–Crippen LogP) is 6.07. The van der Waals surface area contributed by atoms with Gasteiger partial charge >= 0.3 is 0 Å². The summed E-state index contributed by atoms with van der Waals surface area (Å²) in [6.07, 6.45) is 3.48. The number of nitrogens with zero attached hydrogens (tertiary/aromatic N) is 1. The molecular weight excluding hydrogens is 491 g/mol. The molecule has 39 heavy (non-hydrogen) atoms. The Kier molecular flexibility index (Phi) is 7.41. The molecule has 0 aliphatic heterocycles. The minimum Gasteiger partial charge on any atom is -0.397 e. The minimum absolute atomic E-state index is 0.238. The van der Waals surface area contributed by atoms with E-state index in [0.29, 0.717) is 28.1 Å². The zero-order valence-electron chi connectivity index (χ0n) is 20.9. The number of nitrogens with one attached hydrogen (secondary N) is 2. The van der Waals surface area contributed by atoms with Crippen LogP contribution in [0.25, 0.3) is 22.6 Å². The fourth-order valence-electron chi connectivity index (χ4n) is 4.17. The van der Waals surface area contributed by atoms with E-state index in [1.54, 1.807) is 72.9 Å². The van der Waals surface area contributed by atoms with Gasteiger partial charge in [0.25, 0.3) is 11.8 Å². The topological polar surface area (TPSA) is 97.1 Å².